The third-order valence-electron chi connectivity index (χ3n) is 10.2. The maximum atomic E-state index is 11.3. The van der Waals surface area contributed by atoms with Gasteiger partial charge in [0.2, 0.25) is 0 Å². The van der Waals surface area contributed by atoms with Gasteiger partial charge in [-0.25, -0.2) is 4.18 Å². The molecule has 4 rings (SSSR count). The van der Waals surface area contributed by atoms with E-state index in [0.717, 1.165) is 12.8 Å². The molecule has 0 bridgehead atoms. The molecule has 4 saturated carbocycles. The molecule has 29 heavy (non-hydrogen) atoms. The average Bonchev–Trinajstić information content (AvgIpc) is 2.98. The summed E-state index contributed by atoms with van der Waals surface area (Å²) < 4.78 is 35.2. The van der Waals surface area contributed by atoms with Crippen LogP contribution < -0.4 is 0 Å². The van der Waals surface area contributed by atoms with Gasteiger partial charge in [-0.2, -0.15) is 8.42 Å². The normalized spacial score (nSPS) is 48.4. The van der Waals surface area contributed by atoms with E-state index in [9.17, 15) is 13.5 Å². The highest BCUT2D eigenvalue weighted by molar-refractivity contribution is 7.80. The molecule has 0 heterocycles. The second-order valence-electron chi connectivity index (χ2n) is 11.3. The van der Waals surface area contributed by atoms with Crippen LogP contribution in [-0.4, -0.2) is 30.8 Å². The second kappa shape index (κ2) is 7.75. The number of fused-ring (bicyclic) bond motifs is 5. The number of rotatable bonds is 5. The zero-order chi connectivity index (χ0) is 21.0. The summed E-state index contributed by atoms with van der Waals surface area (Å²) in [5.74, 6) is 3.24. The van der Waals surface area contributed by atoms with Crippen molar-refractivity contribution in [2.24, 2.45) is 46.3 Å². The first-order valence-corrected chi connectivity index (χ1v) is 13.2. The summed E-state index contributed by atoms with van der Waals surface area (Å²) in [5, 5.41) is 11.3. The Bertz CT molecular complexity index is 708. The predicted octanol–water partition coefficient (Wildman–Crippen LogP) is 4.85. The Labute approximate surface area is 176 Å². The molecule has 0 aromatic rings. The van der Waals surface area contributed by atoms with Crippen LogP contribution in [0.5, 0.6) is 0 Å². The molecule has 0 amide bonds. The Balaban J connectivity index is 1.50. The zero-order valence-electron chi connectivity index (χ0n) is 18.3. The largest absolute Gasteiger partial charge is 0.397 e. The summed E-state index contributed by atoms with van der Waals surface area (Å²) >= 11 is 0. The molecule has 168 valence electrons. The van der Waals surface area contributed by atoms with Crippen molar-refractivity contribution in [1.29, 1.82) is 0 Å². The monoisotopic (exact) mass is 428 g/mol. The lowest BCUT2D eigenvalue weighted by molar-refractivity contribution is -0.164. The number of hydrogen-bond donors (Lipinski definition) is 2. The number of aliphatic hydroxyl groups excluding tert-OH is 1. The lowest BCUT2D eigenvalue weighted by Crippen LogP contribution is -2.57. The van der Waals surface area contributed by atoms with Crippen LogP contribution in [0.4, 0.5) is 0 Å². The lowest BCUT2D eigenvalue weighted by Gasteiger charge is -2.62. The van der Waals surface area contributed by atoms with E-state index < -0.39 is 10.4 Å². The minimum absolute atomic E-state index is 0.0473. The third kappa shape index (κ3) is 3.81. The first kappa shape index (κ1) is 22.0. The van der Waals surface area contributed by atoms with E-state index in [-0.39, 0.29) is 18.1 Å². The molecule has 2 N–H and O–H groups in total. The fourth-order valence-electron chi connectivity index (χ4n) is 8.77. The molecule has 0 spiro atoms. The van der Waals surface area contributed by atoms with Gasteiger partial charge in [-0.05, 0) is 97.7 Å². The van der Waals surface area contributed by atoms with E-state index in [4.69, 9.17) is 4.55 Å². The first-order chi connectivity index (χ1) is 13.6. The van der Waals surface area contributed by atoms with Gasteiger partial charge >= 0.3 is 10.4 Å². The van der Waals surface area contributed by atoms with Gasteiger partial charge < -0.3 is 5.11 Å². The van der Waals surface area contributed by atoms with Gasteiger partial charge in [0.1, 0.15) is 0 Å². The fraction of sp³-hybridized carbons (Fsp3) is 1.00. The highest BCUT2D eigenvalue weighted by Crippen LogP contribution is 2.68. The van der Waals surface area contributed by atoms with Gasteiger partial charge in [0, 0.05) is 0 Å². The highest BCUT2D eigenvalue weighted by atomic mass is 32.3. The Morgan fingerprint density at radius 2 is 1.76 bits per heavy atom. The van der Waals surface area contributed by atoms with Gasteiger partial charge in [-0.3, -0.25) is 4.55 Å². The van der Waals surface area contributed by atoms with Crippen molar-refractivity contribution in [3.63, 3.8) is 0 Å². The molecule has 6 heteroatoms. The molecule has 5 nitrogen and oxygen atoms in total. The topological polar surface area (TPSA) is 83.8 Å². The minimum atomic E-state index is -4.36. The first-order valence-electron chi connectivity index (χ1n) is 11.9. The van der Waals surface area contributed by atoms with Crippen molar-refractivity contribution >= 4 is 10.4 Å². The summed E-state index contributed by atoms with van der Waals surface area (Å²) in [6.07, 6.45) is 11.6. The van der Waals surface area contributed by atoms with E-state index in [0.29, 0.717) is 47.3 Å². The average molecular weight is 429 g/mol. The Kier molecular flexibility index (Phi) is 5.89. The lowest BCUT2D eigenvalue weighted by atomic mass is 9.44. The van der Waals surface area contributed by atoms with Crippen LogP contribution in [-0.2, 0) is 14.6 Å². The molecular weight excluding hydrogens is 388 g/mol. The van der Waals surface area contributed by atoms with E-state index in [1.165, 1.54) is 44.9 Å². The summed E-state index contributed by atoms with van der Waals surface area (Å²) in [5.41, 5.74) is 0.633. The standard InChI is InChI=1S/C23H40O5S/c1-15(10-13-28-29(25,26)27)17-7-8-18-21-19(9-12-23(17,18)3)22(2)11-5-4-6-16(22)14-20(21)24/h15-21,24H,4-14H2,1-3H3,(H,25,26,27)/t15-,16?,17?,18?,19?,20?,21?,22?,23?/m1/s1. The van der Waals surface area contributed by atoms with Gasteiger partial charge in [0.25, 0.3) is 0 Å². The van der Waals surface area contributed by atoms with E-state index in [1.807, 2.05) is 0 Å². The number of hydrogen-bond acceptors (Lipinski definition) is 4. The van der Waals surface area contributed by atoms with E-state index in [1.54, 1.807) is 0 Å². The molecule has 0 aromatic carbocycles. The summed E-state index contributed by atoms with van der Waals surface area (Å²) in [7, 11) is -4.36. The predicted molar refractivity (Wildman–Crippen MR) is 113 cm³/mol. The van der Waals surface area contributed by atoms with Crippen molar-refractivity contribution in [3.8, 4) is 0 Å². The summed E-state index contributed by atoms with van der Waals surface area (Å²) in [6, 6.07) is 0. The van der Waals surface area contributed by atoms with Gasteiger partial charge in [0.15, 0.2) is 0 Å². The molecule has 9 atom stereocenters. The van der Waals surface area contributed by atoms with Crippen LogP contribution >= 0.6 is 0 Å². The molecule has 4 aliphatic rings. The van der Waals surface area contributed by atoms with Crippen molar-refractivity contribution in [1.82, 2.24) is 0 Å². The molecule has 4 aliphatic carbocycles. The van der Waals surface area contributed by atoms with Crippen LogP contribution in [0.1, 0.15) is 85.0 Å². The minimum Gasteiger partial charge on any atom is -0.393 e. The number of aliphatic hydroxyl groups is 1. The molecule has 8 unspecified atom stereocenters. The summed E-state index contributed by atoms with van der Waals surface area (Å²) in [4.78, 5) is 0. The maximum Gasteiger partial charge on any atom is 0.397 e. The fourth-order valence-corrected chi connectivity index (χ4v) is 9.08. The quantitative estimate of drug-likeness (QED) is 0.612. The van der Waals surface area contributed by atoms with Gasteiger partial charge in [-0.15, -0.1) is 0 Å². The van der Waals surface area contributed by atoms with Crippen molar-refractivity contribution in [3.05, 3.63) is 0 Å². The van der Waals surface area contributed by atoms with Crippen molar-refractivity contribution in [2.75, 3.05) is 6.61 Å². The van der Waals surface area contributed by atoms with E-state index in [2.05, 4.69) is 25.0 Å². The van der Waals surface area contributed by atoms with Crippen molar-refractivity contribution in [2.45, 2.75) is 91.1 Å². The second-order valence-corrected chi connectivity index (χ2v) is 12.4. The molecular formula is C23H40O5S. The molecule has 0 aliphatic heterocycles. The van der Waals surface area contributed by atoms with Crippen LogP contribution in [0.15, 0.2) is 0 Å². The van der Waals surface area contributed by atoms with Crippen LogP contribution in [0, 0.1) is 46.3 Å². The molecule has 4 fully saturated rings. The third-order valence-corrected chi connectivity index (χ3v) is 10.6. The van der Waals surface area contributed by atoms with Gasteiger partial charge in [-0.1, -0.05) is 33.6 Å². The Morgan fingerprint density at radius 3 is 2.48 bits per heavy atom. The molecule has 0 radical (unpaired) electrons. The summed E-state index contributed by atoms with van der Waals surface area (Å²) in [6.45, 7) is 7.22. The maximum absolute atomic E-state index is 11.3. The Morgan fingerprint density at radius 1 is 1.03 bits per heavy atom. The zero-order valence-corrected chi connectivity index (χ0v) is 19.2. The SMILES string of the molecule is C[C@H](CCOS(=O)(=O)O)C1CCC2C3C(O)CC4CCCCC4(C)C3CCC21C. The highest BCUT2D eigenvalue weighted by Gasteiger charge is 2.62. The van der Waals surface area contributed by atoms with Crippen LogP contribution in [0.3, 0.4) is 0 Å². The Hall–Kier alpha value is -0.170. The van der Waals surface area contributed by atoms with Crippen LogP contribution in [0.25, 0.3) is 0 Å². The molecule has 0 saturated heterocycles. The molecule has 0 aromatic heterocycles. The van der Waals surface area contributed by atoms with E-state index >= 15 is 0 Å². The smallest absolute Gasteiger partial charge is 0.393 e. The van der Waals surface area contributed by atoms with Crippen LogP contribution in [0.2, 0.25) is 0 Å². The van der Waals surface area contributed by atoms with Gasteiger partial charge in [0.05, 0.1) is 12.7 Å². The van der Waals surface area contributed by atoms with Crippen molar-refractivity contribution < 1.29 is 22.3 Å².